The van der Waals surface area contributed by atoms with E-state index in [2.05, 4.69) is 28.5 Å². The van der Waals surface area contributed by atoms with Crippen molar-refractivity contribution in [2.45, 2.75) is 50.5 Å². The molecule has 5 rings (SSSR count). The second-order valence-electron chi connectivity index (χ2n) is 8.99. The summed E-state index contributed by atoms with van der Waals surface area (Å²) in [6, 6.07) is 10.3. The highest BCUT2D eigenvalue weighted by Gasteiger charge is 2.44. The van der Waals surface area contributed by atoms with Crippen molar-refractivity contribution < 1.29 is 9.53 Å². The zero-order chi connectivity index (χ0) is 20.4. The number of ether oxygens (including phenoxy) is 1. The number of hydrogen-bond donors (Lipinski definition) is 1. The lowest BCUT2D eigenvalue weighted by Gasteiger charge is -2.43. The van der Waals surface area contributed by atoms with Crippen LogP contribution in [-0.4, -0.2) is 53.4 Å². The van der Waals surface area contributed by atoms with E-state index in [9.17, 15) is 4.79 Å². The first-order chi connectivity index (χ1) is 14.7. The number of piperidine rings is 2. The molecule has 4 heterocycles. The van der Waals surface area contributed by atoms with E-state index in [1.807, 2.05) is 22.9 Å². The first-order valence-corrected chi connectivity index (χ1v) is 11.5. The fraction of sp³-hybridized carbons (Fsp3) is 0.583. The molecule has 0 saturated carbocycles. The Balaban J connectivity index is 0.00000231. The van der Waals surface area contributed by atoms with Gasteiger partial charge in [0.05, 0.1) is 18.0 Å². The fourth-order valence-corrected chi connectivity index (χ4v) is 5.27. The molecule has 0 radical (unpaired) electrons. The first kappa shape index (κ1) is 22.3. The molecule has 3 aliphatic rings. The molecule has 3 aliphatic heterocycles. The van der Waals surface area contributed by atoms with E-state index in [-0.39, 0.29) is 18.0 Å². The minimum absolute atomic E-state index is 0. The van der Waals surface area contributed by atoms with E-state index in [0.717, 1.165) is 69.9 Å². The summed E-state index contributed by atoms with van der Waals surface area (Å²) in [7, 11) is 0. The number of benzene rings is 1. The molecule has 0 bridgehead atoms. The summed E-state index contributed by atoms with van der Waals surface area (Å²) in [5, 5.41) is 8.35. The summed E-state index contributed by atoms with van der Waals surface area (Å²) in [6.45, 7) is 4.46. The molecule has 1 aromatic carbocycles. The van der Waals surface area contributed by atoms with Crippen LogP contribution in [0.25, 0.3) is 5.69 Å². The lowest BCUT2D eigenvalue weighted by molar-refractivity contribution is -0.141. The number of carbonyl (C=O) groups excluding carboxylic acids is 1. The van der Waals surface area contributed by atoms with Gasteiger partial charge in [-0.1, -0.05) is 18.2 Å². The van der Waals surface area contributed by atoms with E-state index >= 15 is 0 Å². The van der Waals surface area contributed by atoms with Gasteiger partial charge in [0, 0.05) is 25.7 Å². The summed E-state index contributed by atoms with van der Waals surface area (Å²) in [5.41, 5.74) is 3.11. The van der Waals surface area contributed by atoms with Crippen molar-refractivity contribution >= 4 is 18.3 Å². The highest BCUT2D eigenvalue weighted by molar-refractivity contribution is 5.85. The second-order valence-corrected chi connectivity index (χ2v) is 8.99. The summed E-state index contributed by atoms with van der Waals surface area (Å²) in [4.78, 5) is 14.9. The van der Waals surface area contributed by atoms with Crippen LogP contribution in [-0.2, 0) is 21.6 Å². The van der Waals surface area contributed by atoms with Crippen molar-refractivity contribution in [1.29, 1.82) is 0 Å². The Morgan fingerprint density at radius 3 is 2.65 bits per heavy atom. The monoisotopic (exact) mass is 444 g/mol. The number of nitrogens with zero attached hydrogens (tertiary/aromatic N) is 3. The van der Waals surface area contributed by atoms with Crippen LogP contribution in [0.15, 0.2) is 36.5 Å². The van der Waals surface area contributed by atoms with Crippen LogP contribution < -0.4 is 5.32 Å². The number of aromatic nitrogens is 2. The Kier molecular flexibility index (Phi) is 6.99. The normalized spacial score (nSPS) is 20.8. The average molecular weight is 445 g/mol. The Hall–Kier alpha value is -1.89. The zero-order valence-corrected chi connectivity index (χ0v) is 18.9. The number of carbonyl (C=O) groups is 1. The van der Waals surface area contributed by atoms with Crippen LogP contribution in [0.2, 0.25) is 0 Å². The van der Waals surface area contributed by atoms with Crippen LogP contribution in [0.5, 0.6) is 0 Å². The number of likely N-dealkylation sites (tertiary alicyclic amines) is 1. The van der Waals surface area contributed by atoms with Gasteiger partial charge in [0.2, 0.25) is 5.91 Å². The quantitative estimate of drug-likeness (QED) is 0.784. The van der Waals surface area contributed by atoms with Crippen molar-refractivity contribution in [1.82, 2.24) is 20.0 Å². The molecule has 6 nitrogen and oxygen atoms in total. The van der Waals surface area contributed by atoms with Gasteiger partial charge >= 0.3 is 0 Å². The standard InChI is InChI=1S/C24H32N4O2.ClH/c29-22(7-6-19-8-13-25-14-9-19)27-15-11-24(12-16-27)23-20(10-17-30-24)18-28(26-23)21-4-2-1-3-5-21;/h1-5,18-19,25H,6-17H2;1H. The number of nitrogens with one attached hydrogen (secondary N) is 1. The molecule has 1 N–H and O–H groups in total. The third kappa shape index (κ3) is 4.66. The van der Waals surface area contributed by atoms with Crippen LogP contribution in [0.3, 0.4) is 0 Å². The first-order valence-electron chi connectivity index (χ1n) is 11.5. The maximum absolute atomic E-state index is 12.8. The van der Waals surface area contributed by atoms with Crippen molar-refractivity contribution in [3.63, 3.8) is 0 Å². The van der Waals surface area contributed by atoms with Crippen molar-refractivity contribution in [2.75, 3.05) is 32.8 Å². The SMILES string of the molecule is Cl.O=C(CCC1CCNCC1)N1CCC2(CC1)OCCc1cn(-c3ccccc3)nc12. The topological polar surface area (TPSA) is 59.4 Å². The minimum Gasteiger partial charge on any atom is -0.368 e. The van der Waals surface area contributed by atoms with Gasteiger partial charge in [-0.05, 0) is 75.2 Å². The van der Waals surface area contributed by atoms with Crippen LogP contribution in [0.1, 0.15) is 49.8 Å². The average Bonchev–Trinajstić information content (AvgIpc) is 3.26. The van der Waals surface area contributed by atoms with Gasteiger partial charge in [-0.25, -0.2) is 4.68 Å². The summed E-state index contributed by atoms with van der Waals surface area (Å²) >= 11 is 0. The molecule has 7 heteroatoms. The van der Waals surface area contributed by atoms with Gasteiger partial charge in [-0.2, -0.15) is 5.10 Å². The van der Waals surface area contributed by atoms with Gasteiger partial charge < -0.3 is 15.0 Å². The fourth-order valence-electron chi connectivity index (χ4n) is 5.27. The third-order valence-electron chi connectivity index (χ3n) is 7.14. The Bertz CT molecular complexity index is 871. The number of halogens is 1. The number of fused-ring (bicyclic) bond motifs is 2. The van der Waals surface area contributed by atoms with Crippen LogP contribution in [0, 0.1) is 5.92 Å². The van der Waals surface area contributed by atoms with Gasteiger partial charge in [-0.3, -0.25) is 4.79 Å². The molecular weight excluding hydrogens is 412 g/mol. The molecule has 2 saturated heterocycles. The molecule has 1 aromatic heterocycles. The number of hydrogen-bond acceptors (Lipinski definition) is 4. The summed E-state index contributed by atoms with van der Waals surface area (Å²) in [6.07, 6.45) is 8.87. The van der Waals surface area contributed by atoms with E-state index in [0.29, 0.717) is 18.2 Å². The van der Waals surface area contributed by atoms with Gasteiger partial charge in [0.1, 0.15) is 5.60 Å². The Morgan fingerprint density at radius 2 is 1.90 bits per heavy atom. The lowest BCUT2D eigenvalue weighted by atomic mass is 9.83. The highest BCUT2D eigenvalue weighted by Crippen LogP contribution is 2.41. The second kappa shape index (κ2) is 9.72. The van der Waals surface area contributed by atoms with Crippen LogP contribution in [0.4, 0.5) is 0 Å². The van der Waals surface area contributed by atoms with Crippen molar-refractivity contribution in [3.05, 3.63) is 47.8 Å². The molecule has 2 aromatic rings. The van der Waals surface area contributed by atoms with Crippen molar-refractivity contribution in [3.8, 4) is 5.69 Å². The number of amides is 1. The molecule has 0 atom stereocenters. The Morgan fingerprint density at radius 1 is 1.16 bits per heavy atom. The molecule has 0 unspecified atom stereocenters. The molecule has 0 aliphatic carbocycles. The van der Waals surface area contributed by atoms with Gasteiger partial charge in [-0.15, -0.1) is 12.4 Å². The molecule has 2 fully saturated rings. The molecular formula is C24H33ClN4O2. The van der Waals surface area contributed by atoms with Gasteiger partial charge in [0.25, 0.3) is 0 Å². The predicted octanol–water partition coefficient (Wildman–Crippen LogP) is 3.46. The van der Waals surface area contributed by atoms with E-state index in [1.165, 1.54) is 18.4 Å². The Labute approximate surface area is 190 Å². The summed E-state index contributed by atoms with van der Waals surface area (Å²) in [5.74, 6) is 1.02. The third-order valence-corrected chi connectivity index (χ3v) is 7.14. The predicted molar refractivity (Wildman–Crippen MR) is 123 cm³/mol. The lowest BCUT2D eigenvalue weighted by Crippen LogP contribution is -2.48. The van der Waals surface area contributed by atoms with Gasteiger partial charge in [0.15, 0.2) is 0 Å². The highest BCUT2D eigenvalue weighted by atomic mass is 35.5. The van der Waals surface area contributed by atoms with E-state index in [1.54, 1.807) is 0 Å². The maximum Gasteiger partial charge on any atom is 0.222 e. The minimum atomic E-state index is -0.334. The molecule has 31 heavy (non-hydrogen) atoms. The molecule has 1 spiro atoms. The molecule has 168 valence electrons. The zero-order valence-electron chi connectivity index (χ0n) is 18.1. The maximum atomic E-state index is 12.8. The van der Waals surface area contributed by atoms with E-state index in [4.69, 9.17) is 9.84 Å². The smallest absolute Gasteiger partial charge is 0.222 e. The number of rotatable bonds is 4. The molecule has 1 amide bonds. The van der Waals surface area contributed by atoms with Crippen molar-refractivity contribution in [2.24, 2.45) is 5.92 Å². The largest absolute Gasteiger partial charge is 0.368 e. The summed E-state index contributed by atoms with van der Waals surface area (Å²) < 4.78 is 8.33. The van der Waals surface area contributed by atoms with Crippen LogP contribution >= 0.6 is 12.4 Å². The number of para-hydroxylation sites is 1. The van der Waals surface area contributed by atoms with E-state index < -0.39 is 0 Å².